The van der Waals surface area contributed by atoms with Gasteiger partial charge in [0.2, 0.25) is 6.04 Å². The highest BCUT2D eigenvalue weighted by Crippen LogP contribution is 2.49. The molecule has 9 nitrogen and oxygen atoms in total. The van der Waals surface area contributed by atoms with Crippen molar-refractivity contribution in [2.24, 2.45) is 0 Å². The molecule has 0 bridgehead atoms. The van der Waals surface area contributed by atoms with Gasteiger partial charge in [-0.3, -0.25) is 30.3 Å². The maximum atomic E-state index is 11.4. The third kappa shape index (κ3) is 2.61. The third-order valence-electron chi connectivity index (χ3n) is 4.04. The summed E-state index contributed by atoms with van der Waals surface area (Å²) in [6, 6.07) is 7.39. The molecule has 0 saturated carbocycles. The molecule has 0 N–H and O–H groups in total. The molecule has 0 fully saturated rings. The first-order valence-corrected chi connectivity index (χ1v) is 7.23. The monoisotopic (exact) mass is 341 g/mol. The summed E-state index contributed by atoms with van der Waals surface area (Å²) in [6.45, 7) is 1.37. The van der Waals surface area contributed by atoms with E-state index in [9.17, 15) is 30.3 Å². The van der Waals surface area contributed by atoms with E-state index in [0.29, 0.717) is 27.8 Å². The maximum Gasteiger partial charge on any atom is 0.277 e. The molecule has 1 unspecified atom stereocenters. The van der Waals surface area contributed by atoms with E-state index in [2.05, 4.69) is 0 Å². The first-order valence-electron chi connectivity index (χ1n) is 7.23. The fourth-order valence-corrected chi connectivity index (χ4v) is 2.91. The Labute approximate surface area is 140 Å². The van der Waals surface area contributed by atoms with Crippen molar-refractivity contribution in [3.8, 4) is 11.1 Å². The van der Waals surface area contributed by atoms with E-state index < -0.39 is 20.8 Å². The predicted octanol–water partition coefficient (Wildman–Crippen LogP) is 3.58. The van der Waals surface area contributed by atoms with E-state index in [1.54, 1.807) is 6.07 Å². The normalized spacial score (nSPS) is 14.7. The Bertz CT molecular complexity index is 966. The standard InChI is InChI=1S/C16H11N3O6/c1-9(17(20)21)7-13-11-3-2-4-15(19(24)25)16(11)12-6-5-10(18(22)23)8-14(12)13/h2-9H,1H3. The fourth-order valence-electron chi connectivity index (χ4n) is 2.91. The van der Waals surface area contributed by atoms with Gasteiger partial charge < -0.3 is 0 Å². The van der Waals surface area contributed by atoms with Crippen LogP contribution in [0.1, 0.15) is 18.1 Å². The lowest BCUT2D eigenvalue weighted by molar-refractivity contribution is -0.504. The van der Waals surface area contributed by atoms with E-state index in [4.69, 9.17) is 0 Å². The van der Waals surface area contributed by atoms with Crippen molar-refractivity contribution in [3.63, 3.8) is 0 Å². The molecule has 9 heteroatoms. The van der Waals surface area contributed by atoms with E-state index in [0.717, 1.165) is 0 Å². The van der Waals surface area contributed by atoms with Gasteiger partial charge in [-0.15, -0.1) is 0 Å². The van der Waals surface area contributed by atoms with Gasteiger partial charge in [-0.1, -0.05) is 12.1 Å². The molecule has 1 aliphatic carbocycles. The number of fused-ring (bicyclic) bond motifs is 3. The summed E-state index contributed by atoms with van der Waals surface area (Å²) < 4.78 is 0. The molecule has 2 aromatic carbocycles. The second kappa shape index (κ2) is 5.78. The summed E-state index contributed by atoms with van der Waals surface area (Å²) >= 11 is 0. The second-order valence-electron chi connectivity index (χ2n) is 5.55. The minimum Gasteiger partial charge on any atom is -0.264 e. The summed E-state index contributed by atoms with van der Waals surface area (Å²) in [5.74, 6) is 0. The average Bonchev–Trinajstić information content (AvgIpc) is 2.88. The molecule has 0 heterocycles. The Hall–Kier alpha value is -3.62. The van der Waals surface area contributed by atoms with Crippen LogP contribution in [0.2, 0.25) is 0 Å². The van der Waals surface area contributed by atoms with Crippen LogP contribution in [0.15, 0.2) is 42.5 Å². The molecule has 0 amide bonds. The van der Waals surface area contributed by atoms with Crippen LogP contribution in [0.25, 0.3) is 16.7 Å². The highest BCUT2D eigenvalue weighted by atomic mass is 16.6. The zero-order chi connectivity index (χ0) is 18.3. The molecule has 0 saturated heterocycles. The van der Waals surface area contributed by atoms with Crippen LogP contribution in [0, 0.1) is 30.3 Å². The quantitative estimate of drug-likeness (QED) is 0.526. The van der Waals surface area contributed by atoms with Crippen LogP contribution >= 0.6 is 0 Å². The van der Waals surface area contributed by atoms with Crippen molar-refractivity contribution >= 4 is 16.9 Å². The van der Waals surface area contributed by atoms with Crippen LogP contribution in [0.3, 0.4) is 0 Å². The molecule has 1 aliphatic rings. The van der Waals surface area contributed by atoms with Crippen LogP contribution in [0.4, 0.5) is 11.4 Å². The SMILES string of the molecule is CC(C=C1c2cc([N+](=O)[O-])ccc2-c2c1cccc2[N+](=O)[O-])[N+](=O)[O-]. The predicted molar refractivity (Wildman–Crippen MR) is 88.7 cm³/mol. The lowest BCUT2D eigenvalue weighted by Gasteiger charge is -2.04. The van der Waals surface area contributed by atoms with Crippen molar-refractivity contribution in [2.75, 3.05) is 0 Å². The van der Waals surface area contributed by atoms with Crippen molar-refractivity contribution in [2.45, 2.75) is 13.0 Å². The van der Waals surface area contributed by atoms with E-state index in [1.807, 2.05) is 0 Å². The second-order valence-corrected chi connectivity index (χ2v) is 5.55. The number of nitrogens with zero attached hydrogens (tertiary/aromatic N) is 3. The van der Waals surface area contributed by atoms with Crippen LogP contribution in [-0.2, 0) is 0 Å². The lowest BCUT2D eigenvalue weighted by atomic mass is 10.0. The molecule has 0 radical (unpaired) electrons. The van der Waals surface area contributed by atoms with Gasteiger partial charge in [0.15, 0.2) is 0 Å². The molecule has 126 valence electrons. The molecule has 0 spiro atoms. The molecular weight excluding hydrogens is 330 g/mol. The zero-order valence-electron chi connectivity index (χ0n) is 12.9. The third-order valence-corrected chi connectivity index (χ3v) is 4.04. The number of nitro benzene ring substituents is 2. The van der Waals surface area contributed by atoms with Crippen LogP contribution < -0.4 is 0 Å². The molecule has 3 rings (SSSR count). The van der Waals surface area contributed by atoms with E-state index in [1.165, 1.54) is 43.3 Å². The summed E-state index contributed by atoms with van der Waals surface area (Å²) in [6.07, 6.45) is 1.36. The topological polar surface area (TPSA) is 129 Å². The summed E-state index contributed by atoms with van der Waals surface area (Å²) in [5.41, 5.74) is 1.67. The highest BCUT2D eigenvalue weighted by molar-refractivity contribution is 6.04. The molecule has 1 atom stereocenters. The molecular formula is C16H11N3O6. The number of non-ortho nitro benzene ring substituents is 1. The summed E-state index contributed by atoms with van der Waals surface area (Å²) in [4.78, 5) is 31.8. The van der Waals surface area contributed by atoms with Gasteiger partial charge in [-0.25, -0.2) is 0 Å². The first kappa shape index (κ1) is 16.2. The zero-order valence-corrected chi connectivity index (χ0v) is 12.9. The number of rotatable bonds is 4. The van der Waals surface area contributed by atoms with Crippen molar-refractivity contribution in [1.82, 2.24) is 0 Å². The van der Waals surface area contributed by atoms with Gasteiger partial charge in [0.05, 0.1) is 15.4 Å². The van der Waals surface area contributed by atoms with Crippen LogP contribution in [-0.4, -0.2) is 20.8 Å². The number of hydrogen-bond acceptors (Lipinski definition) is 6. The summed E-state index contributed by atoms with van der Waals surface area (Å²) in [7, 11) is 0. The van der Waals surface area contributed by atoms with E-state index >= 15 is 0 Å². The van der Waals surface area contributed by atoms with Gasteiger partial charge in [0.1, 0.15) is 0 Å². The Kier molecular flexibility index (Phi) is 3.76. The molecule has 0 aliphatic heterocycles. The number of nitro groups is 3. The van der Waals surface area contributed by atoms with Gasteiger partial charge >= 0.3 is 0 Å². The number of benzene rings is 2. The van der Waals surface area contributed by atoms with Crippen molar-refractivity contribution in [3.05, 3.63) is 83.9 Å². The molecule has 25 heavy (non-hydrogen) atoms. The van der Waals surface area contributed by atoms with Gasteiger partial charge in [0.25, 0.3) is 11.4 Å². The van der Waals surface area contributed by atoms with Crippen molar-refractivity contribution < 1.29 is 14.8 Å². The maximum absolute atomic E-state index is 11.4. The van der Waals surface area contributed by atoms with Gasteiger partial charge in [-0.2, -0.15) is 0 Å². The van der Waals surface area contributed by atoms with Crippen LogP contribution in [0.5, 0.6) is 0 Å². The van der Waals surface area contributed by atoms with Gasteiger partial charge in [-0.05, 0) is 34.4 Å². The largest absolute Gasteiger partial charge is 0.277 e. The highest BCUT2D eigenvalue weighted by Gasteiger charge is 2.32. The Morgan fingerprint density at radius 2 is 1.64 bits per heavy atom. The molecule has 0 aromatic heterocycles. The Morgan fingerprint density at radius 3 is 2.24 bits per heavy atom. The average molecular weight is 341 g/mol. The molecule has 2 aromatic rings. The van der Waals surface area contributed by atoms with Gasteiger partial charge in [0, 0.05) is 30.0 Å². The smallest absolute Gasteiger partial charge is 0.264 e. The number of hydrogen-bond donors (Lipinski definition) is 0. The van der Waals surface area contributed by atoms with E-state index in [-0.39, 0.29) is 11.4 Å². The fraction of sp³-hybridized carbons (Fsp3) is 0.125. The van der Waals surface area contributed by atoms with Crippen molar-refractivity contribution in [1.29, 1.82) is 0 Å². The Morgan fingerprint density at radius 1 is 0.920 bits per heavy atom. The minimum atomic E-state index is -1.05. The minimum absolute atomic E-state index is 0.148. The summed E-state index contributed by atoms with van der Waals surface area (Å²) in [5, 5.41) is 33.4. The Balaban J connectivity index is 2.34. The first-order chi connectivity index (χ1) is 11.8. The lowest BCUT2D eigenvalue weighted by Crippen LogP contribution is -2.12.